The van der Waals surface area contributed by atoms with Gasteiger partial charge in [-0.2, -0.15) is 10.4 Å². The van der Waals surface area contributed by atoms with Crippen LogP contribution in [0, 0.1) is 24.2 Å². The van der Waals surface area contributed by atoms with E-state index in [0.717, 1.165) is 60.5 Å². The van der Waals surface area contributed by atoms with E-state index in [1.54, 1.807) is 0 Å². The number of pyridine rings is 1. The second-order valence-corrected chi connectivity index (χ2v) is 7.59. The van der Waals surface area contributed by atoms with Crippen LogP contribution in [0.4, 0.5) is 5.82 Å². The molecule has 0 unspecified atom stereocenters. The highest BCUT2D eigenvalue weighted by Crippen LogP contribution is 2.31. The van der Waals surface area contributed by atoms with Crippen molar-refractivity contribution < 1.29 is 0 Å². The van der Waals surface area contributed by atoms with Gasteiger partial charge in [-0.1, -0.05) is 12.1 Å². The second kappa shape index (κ2) is 6.68. The third kappa shape index (κ3) is 2.71. The lowest BCUT2D eigenvalue weighted by atomic mass is 9.96. The molecular weight excluding hydrogens is 348 g/mol. The zero-order valence-electron chi connectivity index (χ0n) is 15.9. The highest BCUT2D eigenvalue weighted by atomic mass is 15.3. The smallest absolute Gasteiger partial charge is 0.157 e. The summed E-state index contributed by atoms with van der Waals surface area (Å²) in [6.45, 7) is 4.99. The Balaban J connectivity index is 1.52. The van der Waals surface area contributed by atoms with Gasteiger partial charge in [-0.05, 0) is 55.5 Å². The monoisotopic (exact) mass is 370 g/mol. The Morgan fingerprint density at radius 2 is 2.00 bits per heavy atom. The van der Waals surface area contributed by atoms with E-state index in [4.69, 9.17) is 4.98 Å². The first-order valence-electron chi connectivity index (χ1n) is 9.78. The summed E-state index contributed by atoms with van der Waals surface area (Å²) in [7, 11) is 0. The number of fused-ring (bicyclic) bond motifs is 3. The Kier molecular flexibility index (Phi) is 4.01. The molecular formula is C22H22N6. The van der Waals surface area contributed by atoms with Crippen molar-refractivity contribution in [3.05, 3.63) is 59.9 Å². The van der Waals surface area contributed by atoms with Gasteiger partial charge in [-0.3, -0.25) is 9.08 Å². The number of aromatic nitrogens is 4. The van der Waals surface area contributed by atoms with Crippen molar-refractivity contribution in [2.75, 3.05) is 18.0 Å². The minimum Gasteiger partial charge on any atom is -0.358 e. The predicted molar refractivity (Wildman–Crippen MR) is 109 cm³/mol. The van der Waals surface area contributed by atoms with Gasteiger partial charge >= 0.3 is 0 Å². The molecule has 0 aliphatic carbocycles. The van der Waals surface area contributed by atoms with Crippen molar-refractivity contribution in [3.63, 3.8) is 0 Å². The van der Waals surface area contributed by atoms with Crippen LogP contribution in [0.15, 0.2) is 48.8 Å². The summed E-state index contributed by atoms with van der Waals surface area (Å²) in [5.74, 6) is 1.78. The van der Waals surface area contributed by atoms with Crippen LogP contribution in [0.1, 0.15) is 24.0 Å². The molecule has 0 saturated carbocycles. The molecule has 1 aliphatic rings. The van der Waals surface area contributed by atoms with Crippen LogP contribution in [-0.2, 0) is 6.54 Å². The summed E-state index contributed by atoms with van der Waals surface area (Å²) in [4.78, 5) is 7.21. The first kappa shape index (κ1) is 16.8. The van der Waals surface area contributed by atoms with E-state index in [2.05, 4.69) is 32.6 Å². The molecule has 140 valence electrons. The molecule has 1 saturated heterocycles. The lowest BCUT2D eigenvalue weighted by molar-refractivity contribution is 0.341. The maximum absolute atomic E-state index is 9.67. The molecule has 4 aromatic rings. The van der Waals surface area contributed by atoms with E-state index in [0.29, 0.717) is 11.5 Å². The Morgan fingerprint density at radius 3 is 2.75 bits per heavy atom. The fourth-order valence-corrected chi connectivity index (χ4v) is 4.32. The molecule has 6 nitrogen and oxygen atoms in total. The van der Waals surface area contributed by atoms with Crippen LogP contribution >= 0.6 is 0 Å². The summed E-state index contributed by atoms with van der Waals surface area (Å²) in [6.07, 6.45) is 6.15. The van der Waals surface area contributed by atoms with Crippen molar-refractivity contribution in [1.29, 1.82) is 5.26 Å². The van der Waals surface area contributed by atoms with Crippen LogP contribution < -0.4 is 4.90 Å². The van der Waals surface area contributed by atoms with Gasteiger partial charge < -0.3 is 4.90 Å². The lowest BCUT2D eigenvalue weighted by Crippen LogP contribution is -2.36. The molecule has 0 spiro atoms. The first-order valence-corrected chi connectivity index (χ1v) is 9.78. The average Bonchev–Trinajstić information content (AvgIpc) is 3.35. The first-order chi connectivity index (χ1) is 13.7. The maximum atomic E-state index is 9.67. The van der Waals surface area contributed by atoms with Crippen molar-refractivity contribution >= 4 is 22.5 Å². The number of para-hydroxylation sites is 2. The molecule has 4 heterocycles. The standard InChI is InChI=1S/C22H22N6/c1-16-13-21(26-11-7-17(8-12-26)15-27-10-4-9-24-27)28-20-6-3-2-5-19(20)25-22(28)18(16)14-23/h2-6,9-10,13,17H,7-8,11-12,15H2,1H3. The maximum Gasteiger partial charge on any atom is 0.157 e. The summed E-state index contributed by atoms with van der Waals surface area (Å²) < 4.78 is 4.20. The van der Waals surface area contributed by atoms with Crippen molar-refractivity contribution in [2.24, 2.45) is 5.92 Å². The molecule has 6 heteroatoms. The third-order valence-corrected chi connectivity index (χ3v) is 5.81. The molecule has 1 aromatic carbocycles. The second-order valence-electron chi connectivity index (χ2n) is 7.59. The Bertz CT molecular complexity index is 1170. The number of anilines is 1. The molecule has 28 heavy (non-hydrogen) atoms. The molecule has 0 radical (unpaired) electrons. The minimum atomic E-state index is 0.644. The van der Waals surface area contributed by atoms with Crippen LogP contribution in [0.3, 0.4) is 0 Å². The number of rotatable bonds is 3. The van der Waals surface area contributed by atoms with Crippen LogP contribution in [0.2, 0.25) is 0 Å². The van der Waals surface area contributed by atoms with Crippen LogP contribution in [-0.4, -0.2) is 32.3 Å². The van der Waals surface area contributed by atoms with E-state index in [1.807, 2.05) is 48.3 Å². The van der Waals surface area contributed by atoms with Gasteiger partial charge in [0.1, 0.15) is 11.9 Å². The number of nitriles is 1. The van der Waals surface area contributed by atoms with E-state index in [9.17, 15) is 5.26 Å². The van der Waals surface area contributed by atoms with Gasteiger partial charge in [0.15, 0.2) is 5.65 Å². The van der Waals surface area contributed by atoms with E-state index in [-0.39, 0.29) is 0 Å². The van der Waals surface area contributed by atoms with Gasteiger partial charge in [-0.25, -0.2) is 4.98 Å². The van der Waals surface area contributed by atoms with Gasteiger partial charge in [-0.15, -0.1) is 0 Å². The van der Waals surface area contributed by atoms with Crippen LogP contribution in [0.25, 0.3) is 16.7 Å². The number of piperidine rings is 1. The summed E-state index contributed by atoms with van der Waals surface area (Å²) in [6, 6.07) is 14.6. The molecule has 0 N–H and O–H groups in total. The molecule has 5 rings (SSSR count). The summed E-state index contributed by atoms with van der Waals surface area (Å²) in [5, 5.41) is 14.0. The summed E-state index contributed by atoms with van der Waals surface area (Å²) >= 11 is 0. The molecule has 0 atom stereocenters. The van der Waals surface area contributed by atoms with Crippen molar-refractivity contribution in [3.8, 4) is 6.07 Å². The molecule has 0 amide bonds. The summed E-state index contributed by atoms with van der Waals surface area (Å²) in [5.41, 5.74) is 4.40. The third-order valence-electron chi connectivity index (χ3n) is 5.81. The van der Waals surface area contributed by atoms with Gasteiger partial charge in [0.2, 0.25) is 0 Å². The van der Waals surface area contributed by atoms with E-state index < -0.39 is 0 Å². The highest BCUT2D eigenvalue weighted by molar-refractivity contribution is 5.85. The van der Waals surface area contributed by atoms with Gasteiger partial charge in [0, 0.05) is 32.0 Å². The number of aryl methyl sites for hydroxylation is 1. The topological polar surface area (TPSA) is 62.1 Å². The lowest BCUT2D eigenvalue weighted by Gasteiger charge is -2.34. The fraction of sp³-hybridized carbons (Fsp3) is 0.318. The SMILES string of the molecule is Cc1cc(N2CCC(Cn3cccn3)CC2)n2c(nc3ccccc32)c1C#N. The quantitative estimate of drug-likeness (QED) is 0.551. The average molecular weight is 370 g/mol. The number of imidazole rings is 1. The molecule has 0 bridgehead atoms. The van der Waals surface area contributed by atoms with Crippen molar-refractivity contribution in [1.82, 2.24) is 19.2 Å². The normalized spacial score (nSPS) is 15.4. The largest absolute Gasteiger partial charge is 0.358 e. The Hall–Kier alpha value is -3.33. The van der Waals surface area contributed by atoms with Gasteiger partial charge in [0.25, 0.3) is 0 Å². The van der Waals surface area contributed by atoms with E-state index in [1.165, 1.54) is 0 Å². The molecule has 1 aliphatic heterocycles. The molecule has 1 fully saturated rings. The minimum absolute atomic E-state index is 0.644. The van der Waals surface area contributed by atoms with Crippen molar-refractivity contribution in [2.45, 2.75) is 26.3 Å². The number of hydrogen-bond acceptors (Lipinski definition) is 4. The van der Waals surface area contributed by atoms with Crippen LogP contribution in [0.5, 0.6) is 0 Å². The zero-order chi connectivity index (χ0) is 19.1. The predicted octanol–water partition coefficient (Wildman–Crippen LogP) is 3.78. The fourth-order valence-electron chi connectivity index (χ4n) is 4.32. The number of nitrogens with zero attached hydrogens (tertiary/aromatic N) is 6. The Labute approximate surface area is 163 Å². The Morgan fingerprint density at radius 1 is 1.18 bits per heavy atom. The highest BCUT2D eigenvalue weighted by Gasteiger charge is 2.24. The van der Waals surface area contributed by atoms with E-state index >= 15 is 0 Å². The van der Waals surface area contributed by atoms with Gasteiger partial charge in [0.05, 0.1) is 16.6 Å². The molecule has 3 aromatic heterocycles. The number of benzene rings is 1. The zero-order valence-corrected chi connectivity index (χ0v) is 15.9. The number of hydrogen-bond donors (Lipinski definition) is 0.